The van der Waals surface area contributed by atoms with Crippen molar-refractivity contribution >= 4 is 17.1 Å². The van der Waals surface area contributed by atoms with Gasteiger partial charge >= 0.3 is 0 Å². The molecule has 4 heteroatoms. The molecular weight excluding hydrogens is 510 g/mol. The molecule has 0 saturated carbocycles. The van der Waals surface area contributed by atoms with Crippen LogP contribution in [0.1, 0.15) is 22.3 Å². The number of rotatable bonds is 1. The van der Waals surface area contributed by atoms with E-state index in [1.54, 1.807) is 0 Å². The number of hydrogen-bond acceptors (Lipinski definition) is 2. The van der Waals surface area contributed by atoms with E-state index in [4.69, 9.17) is 5.43 Å². The third-order valence-electron chi connectivity index (χ3n) is 5.15. The number of aryl methyl sites for hydroxylation is 3. The largest absolute Gasteiger partial charge is 0.580 e. The van der Waals surface area contributed by atoms with E-state index in [1.165, 1.54) is 33.4 Å². The van der Waals surface area contributed by atoms with Gasteiger partial charge in [0.25, 0.3) is 0 Å². The summed E-state index contributed by atoms with van der Waals surface area (Å²) in [5.41, 5.74) is 15.4. The predicted octanol–water partition coefficient (Wildman–Crippen LogP) is 5.92. The first-order valence-corrected chi connectivity index (χ1v) is 8.84. The monoisotopic (exact) mass is 530 g/mol. The molecule has 5 rings (SSSR count). The van der Waals surface area contributed by atoms with E-state index in [1.807, 2.05) is 23.5 Å². The SMILES string of the molecule is Cc1ccc2c(c1)-c1ccc[c-]c1N1[N-]C=C(c3c(C)cccc3C)N21.[Ir]. The molecule has 3 nitrogen and oxygen atoms in total. The maximum Gasteiger partial charge on any atom is 0.0576 e. The second-order valence-electron chi connectivity index (χ2n) is 6.95. The van der Waals surface area contributed by atoms with Gasteiger partial charge in [0.05, 0.1) is 5.69 Å². The summed E-state index contributed by atoms with van der Waals surface area (Å²) in [7, 11) is 0. The molecule has 3 aromatic rings. The zero-order chi connectivity index (χ0) is 17.8. The van der Waals surface area contributed by atoms with E-state index in [2.05, 4.69) is 74.3 Å². The molecule has 0 spiro atoms. The Balaban J connectivity index is 0.00000180. The van der Waals surface area contributed by atoms with Crippen LogP contribution >= 0.6 is 0 Å². The summed E-state index contributed by atoms with van der Waals surface area (Å²) in [4.78, 5) is 0. The molecule has 27 heavy (non-hydrogen) atoms. The molecule has 2 heterocycles. The molecule has 0 unspecified atom stereocenters. The summed E-state index contributed by atoms with van der Waals surface area (Å²) >= 11 is 0. The van der Waals surface area contributed by atoms with Crippen molar-refractivity contribution in [2.45, 2.75) is 20.8 Å². The Morgan fingerprint density at radius 1 is 0.889 bits per heavy atom. The fraction of sp³-hybridized carbons (Fsp3) is 0.130. The van der Waals surface area contributed by atoms with Gasteiger partial charge in [-0.1, -0.05) is 41.6 Å². The van der Waals surface area contributed by atoms with Crippen molar-refractivity contribution in [2.75, 3.05) is 10.1 Å². The van der Waals surface area contributed by atoms with Crippen molar-refractivity contribution in [3.63, 3.8) is 0 Å². The zero-order valence-electron chi connectivity index (χ0n) is 15.4. The van der Waals surface area contributed by atoms with Crippen LogP contribution in [0.3, 0.4) is 0 Å². The maximum absolute atomic E-state index is 4.73. The molecule has 2 aliphatic rings. The van der Waals surface area contributed by atoms with E-state index < -0.39 is 0 Å². The Kier molecular flexibility index (Phi) is 4.33. The second kappa shape index (κ2) is 6.56. The summed E-state index contributed by atoms with van der Waals surface area (Å²) < 4.78 is 0. The number of nitrogens with zero attached hydrogens (tertiary/aromatic N) is 3. The fourth-order valence-electron chi connectivity index (χ4n) is 3.96. The average Bonchev–Trinajstić information content (AvgIpc) is 3.07. The number of fused-ring (bicyclic) bond motifs is 6. The van der Waals surface area contributed by atoms with Gasteiger partial charge < -0.3 is 10.5 Å². The molecule has 0 N–H and O–H groups in total. The quantitative estimate of drug-likeness (QED) is 0.365. The first-order chi connectivity index (χ1) is 12.6. The number of para-hydroxylation sites is 1. The van der Waals surface area contributed by atoms with Gasteiger partial charge in [-0.15, -0.1) is 11.8 Å². The minimum Gasteiger partial charge on any atom is -0.580 e. The van der Waals surface area contributed by atoms with Crippen molar-refractivity contribution in [1.82, 2.24) is 0 Å². The van der Waals surface area contributed by atoms with Crippen molar-refractivity contribution < 1.29 is 20.1 Å². The Labute approximate surface area is 173 Å². The van der Waals surface area contributed by atoms with Crippen LogP contribution in [0.2, 0.25) is 0 Å². The van der Waals surface area contributed by atoms with E-state index >= 15 is 0 Å². The Bertz CT molecular complexity index is 1050. The molecule has 137 valence electrons. The van der Waals surface area contributed by atoms with E-state index in [9.17, 15) is 0 Å². The van der Waals surface area contributed by atoms with Gasteiger partial charge in [0.15, 0.2) is 0 Å². The van der Waals surface area contributed by atoms with Crippen molar-refractivity contribution in [3.8, 4) is 11.1 Å². The summed E-state index contributed by atoms with van der Waals surface area (Å²) in [6.45, 7) is 6.45. The molecule has 0 amide bonds. The van der Waals surface area contributed by atoms with Crippen molar-refractivity contribution in [1.29, 1.82) is 0 Å². The number of anilines is 2. The van der Waals surface area contributed by atoms with Crippen LogP contribution in [0.15, 0.2) is 60.8 Å². The Morgan fingerprint density at radius 3 is 2.44 bits per heavy atom. The van der Waals surface area contributed by atoms with Gasteiger partial charge in [-0.2, -0.15) is 24.3 Å². The molecule has 2 aliphatic heterocycles. The minimum atomic E-state index is 0. The number of hydrazine groups is 1. The van der Waals surface area contributed by atoms with Crippen molar-refractivity contribution in [2.24, 2.45) is 0 Å². The molecule has 0 aromatic heterocycles. The van der Waals surface area contributed by atoms with Gasteiger partial charge in [0, 0.05) is 31.4 Å². The third-order valence-corrected chi connectivity index (χ3v) is 5.15. The summed E-state index contributed by atoms with van der Waals surface area (Å²) in [5.74, 6) is 0. The zero-order valence-corrected chi connectivity index (χ0v) is 17.8. The normalized spacial score (nSPS) is 13.8. The molecule has 3 aromatic carbocycles. The molecule has 0 saturated heterocycles. The van der Waals surface area contributed by atoms with Crippen LogP contribution < -0.4 is 10.1 Å². The molecule has 0 atom stereocenters. The molecular formula is C23H19IrN3-2. The van der Waals surface area contributed by atoms with Gasteiger partial charge in [-0.3, -0.25) is 5.01 Å². The van der Waals surface area contributed by atoms with Gasteiger partial charge in [-0.05, 0) is 43.5 Å². The number of hydrogen-bond donors (Lipinski definition) is 0. The Hall–Kier alpha value is -2.55. The first-order valence-electron chi connectivity index (χ1n) is 8.84. The minimum absolute atomic E-state index is 0. The summed E-state index contributed by atoms with van der Waals surface area (Å²) in [6, 6.07) is 22.5. The van der Waals surface area contributed by atoms with Gasteiger partial charge in [0.1, 0.15) is 0 Å². The average molecular weight is 530 g/mol. The van der Waals surface area contributed by atoms with Crippen LogP contribution in [-0.2, 0) is 20.1 Å². The van der Waals surface area contributed by atoms with Crippen LogP contribution in [-0.4, -0.2) is 0 Å². The molecule has 0 fully saturated rings. The van der Waals surface area contributed by atoms with Crippen LogP contribution in [0.5, 0.6) is 0 Å². The third kappa shape index (κ3) is 2.60. The van der Waals surface area contributed by atoms with E-state index in [0.29, 0.717) is 0 Å². The first kappa shape index (κ1) is 17.8. The van der Waals surface area contributed by atoms with Gasteiger partial charge in [-0.25, -0.2) is 0 Å². The number of benzene rings is 3. The van der Waals surface area contributed by atoms with Gasteiger partial charge in [0.2, 0.25) is 0 Å². The van der Waals surface area contributed by atoms with Crippen LogP contribution in [0, 0.1) is 26.8 Å². The van der Waals surface area contributed by atoms with Crippen molar-refractivity contribution in [3.05, 3.63) is 94.5 Å². The Morgan fingerprint density at radius 2 is 1.67 bits per heavy atom. The van der Waals surface area contributed by atoms with E-state index in [0.717, 1.165) is 17.1 Å². The molecule has 1 radical (unpaired) electrons. The fourth-order valence-corrected chi connectivity index (χ4v) is 3.96. The van der Waals surface area contributed by atoms with Crippen LogP contribution in [0.4, 0.5) is 11.4 Å². The summed E-state index contributed by atoms with van der Waals surface area (Å²) in [6.07, 6.45) is 1.97. The molecule has 0 aliphatic carbocycles. The van der Waals surface area contributed by atoms with E-state index in [-0.39, 0.29) is 20.1 Å². The second-order valence-corrected chi connectivity index (χ2v) is 6.95. The maximum atomic E-state index is 4.73. The standard InChI is InChI=1S/C23H19N3.Ir/c1-15-11-12-20-19(13-15)18-9-4-5-10-21(18)26-24-14-22(25(20)26)23-16(2)7-6-8-17(23)3;/h4-9,11-14H,1-3H3;/q-2;. The predicted molar refractivity (Wildman–Crippen MR) is 108 cm³/mol. The van der Waals surface area contributed by atoms with Crippen LogP contribution in [0.25, 0.3) is 22.2 Å². The molecule has 0 bridgehead atoms. The smallest absolute Gasteiger partial charge is 0.0576 e. The summed E-state index contributed by atoms with van der Waals surface area (Å²) in [5, 5.41) is 4.18. The topological polar surface area (TPSA) is 20.6 Å².